The lowest BCUT2D eigenvalue weighted by atomic mass is 10.3. The van der Waals surface area contributed by atoms with Gasteiger partial charge in [0.1, 0.15) is 0 Å². The van der Waals surface area contributed by atoms with E-state index in [1.807, 2.05) is 28.8 Å². The Morgan fingerprint density at radius 3 is 2.53 bits per heavy atom. The molecule has 4 aromatic rings. The van der Waals surface area contributed by atoms with Gasteiger partial charge in [-0.3, -0.25) is 14.9 Å². The zero-order valence-corrected chi connectivity index (χ0v) is 17.9. The molecule has 0 atom stereocenters. The fourth-order valence-electron chi connectivity index (χ4n) is 3.11. The minimum absolute atomic E-state index is 0.148. The molecule has 0 aliphatic rings. The number of hydrogen-bond acceptors (Lipinski definition) is 9. The third kappa shape index (κ3) is 4.21. The fraction of sp³-hybridized carbons (Fsp3) is 0.263. The van der Waals surface area contributed by atoms with Crippen molar-refractivity contribution in [2.24, 2.45) is 0 Å². The van der Waals surface area contributed by atoms with Gasteiger partial charge in [0.05, 0.1) is 0 Å². The van der Waals surface area contributed by atoms with Crippen molar-refractivity contribution < 1.29 is 18.8 Å². The maximum atomic E-state index is 11.6. The molecule has 0 fully saturated rings. The van der Waals surface area contributed by atoms with Gasteiger partial charge in [-0.2, -0.15) is 15.0 Å². The second-order valence-electron chi connectivity index (χ2n) is 7.17. The van der Waals surface area contributed by atoms with E-state index in [0.717, 1.165) is 11.0 Å². The van der Waals surface area contributed by atoms with E-state index in [1.165, 1.54) is 13.8 Å². The van der Waals surface area contributed by atoms with Crippen LogP contribution in [0, 0.1) is 0 Å². The second kappa shape index (κ2) is 8.37. The van der Waals surface area contributed by atoms with Gasteiger partial charge in [-0.05, 0) is 22.4 Å². The number of hydrogen-bond donors (Lipinski definition) is 3. The summed E-state index contributed by atoms with van der Waals surface area (Å²) in [5, 5.41) is 13.0. The molecule has 4 rings (SSSR count). The first-order chi connectivity index (χ1) is 15.3. The number of amides is 2. The lowest BCUT2D eigenvalue weighted by Gasteiger charge is -2.12. The van der Waals surface area contributed by atoms with Gasteiger partial charge in [-0.15, -0.1) is 0 Å². The molecule has 164 valence electrons. The fourth-order valence-corrected chi connectivity index (χ4v) is 3.11. The van der Waals surface area contributed by atoms with E-state index in [9.17, 15) is 9.59 Å². The first-order valence-electron chi connectivity index (χ1n) is 9.62. The molecule has 2 amide bonds. The predicted molar refractivity (Wildman–Crippen MR) is 114 cm³/mol. The van der Waals surface area contributed by atoms with Crippen LogP contribution in [0.1, 0.15) is 19.7 Å². The van der Waals surface area contributed by atoms with Crippen molar-refractivity contribution >= 4 is 40.6 Å². The Morgan fingerprint density at radius 1 is 1.06 bits per heavy atom. The third-order valence-electron chi connectivity index (χ3n) is 4.38. The summed E-state index contributed by atoms with van der Waals surface area (Å²) in [6.45, 7) is 2.96. The second-order valence-corrected chi connectivity index (χ2v) is 7.17. The summed E-state index contributed by atoms with van der Waals surface area (Å²) in [5.41, 5.74) is 1.98. The average molecular weight is 437 g/mol. The molecule has 13 heteroatoms. The normalized spacial score (nSPS) is 10.9. The van der Waals surface area contributed by atoms with Crippen LogP contribution in [0.2, 0.25) is 0 Å². The molecular weight excluding hydrogens is 416 g/mol. The molecule has 0 unspecified atom stereocenters. The predicted octanol–water partition coefficient (Wildman–Crippen LogP) is 0.721. The molecule has 32 heavy (non-hydrogen) atoms. The molecule has 3 aromatic heterocycles. The number of carbonyl (C=O) groups excluding carboxylic acids is 2. The van der Waals surface area contributed by atoms with Gasteiger partial charge in [0, 0.05) is 27.9 Å². The topological polar surface area (TPSA) is 159 Å². The zero-order valence-electron chi connectivity index (χ0n) is 17.9. The van der Waals surface area contributed by atoms with Gasteiger partial charge in [0.25, 0.3) is 0 Å². The van der Waals surface area contributed by atoms with Crippen molar-refractivity contribution in [3.05, 3.63) is 30.1 Å². The summed E-state index contributed by atoms with van der Waals surface area (Å²) in [4.78, 5) is 41.2. The highest BCUT2D eigenvalue weighted by Gasteiger charge is 2.28. The van der Waals surface area contributed by atoms with Crippen molar-refractivity contribution in [1.29, 1.82) is 0 Å². The third-order valence-corrected chi connectivity index (χ3v) is 4.38. The summed E-state index contributed by atoms with van der Waals surface area (Å²) >= 11 is 0. The van der Waals surface area contributed by atoms with Crippen LogP contribution in [-0.4, -0.2) is 56.2 Å². The maximum Gasteiger partial charge on any atom is 0.314 e. The molecular formula is C19H21N10O3+. The number of anilines is 3. The Morgan fingerprint density at radius 2 is 1.81 bits per heavy atom. The first-order valence-corrected chi connectivity index (χ1v) is 9.62. The molecule has 1 aromatic carbocycles. The Labute approximate surface area is 181 Å². The van der Waals surface area contributed by atoms with Crippen molar-refractivity contribution in [1.82, 2.24) is 30.2 Å². The molecule has 0 saturated carbocycles. The number of benzene rings is 1. The van der Waals surface area contributed by atoms with E-state index < -0.39 is 0 Å². The highest BCUT2D eigenvalue weighted by Crippen LogP contribution is 2.23. The summed E-state index contributed by atoms with van der Waals surface area (Å²) in [6.07, 6.45) is 0. The zero-order chi connectivity index (χ0) is 22.8. The molecule has 13 nitrogen and oxygen atoms in total. The Balaban J connectivity index is 1.84. The van der Waals surface area contributed by atoms with E-state index in [1.54, 1.807) is 19.0 Å². The van der Waals surface area contributed by atoms with Crippen molar-refractivity contribution in [2.75, 3.05) is 29.6 Å². The lowest BCUT2D eigenvalue weighted by Crippen LogP contribution is -2.37. The summed E-state index contributed by atoms with van der Waals surface area (Å²) in [7, 11) is 3.59. The smallest absolute Gasteiger partial charge is 0.314 e. The molecule has 0 spiro atoms. The van der Waals surface area contributed by atoms with Crippen LogP contribution in [0.4, 0.5) is 17.7 Å². The van der Waals surface area contributed by atoms with Gasteiger partial charge < -0.3 is 10.2 Å². The highest BCUT2D eigenvalue weighted by atomic mass is 16.6. The van der Waals surface area contributed by atoms with Gasteiger partial charge >= 0.3 is 5.82 Å². The number of H-pyrrole nitrogens is 1. The van der Waals surface area contributed by atoms with Crippen LogP contribution in [0.25, 0.3) is 22.6 Å². The van der Waals surface area contributed by atoms with E-state index >= 15 is 0 Å². The van der Waals surface area contributed by atoms with Crippen LogP contribution in [0.15, 0.2) is 28.9 Å². The monoisotopic (exact) mass is 437 g/mol. The summed E-state index contributed by atoms with van der Waals surface area (Å²) in [5.74, 6) is 1.06. The molecule has 0 bridgehead atoms. The van der Waals surface area contributed by atoms with Gasteiger partial charge in [0.2, 0.25) is 35.2 Å². The van der Waals surface area contributed by atoms with E-state index in [0.29, 0.717) is 23.3 Å². The SMILES string of the molecule is CC(=O)Nc1nc(C[n+]2c(-c3nonc3NC(C)=O)[nH]c3ccccc32)nc(N(C)C)n1. The summed E-state index contributed by atoms with van der Waals surface area (Å²) in [6, 6.07) is 7.62. The van der Waals surface area contributed by atoms with Crippen molar-refractivity contribution in [3.63, 3.8) is 0 Å². The number of fused-ring (bicyclic) bond motifs is 1. The number of aromatic nitrogens is 7. The Hall–Kier alpha value is -4.42. The molecule has 0 aliphatic heterocycles. The van der Waals surface area contributed by atoms with Crippen LogP contribution in [0.5, 0.6) is 0 Å². The number of para-hydroxylation sites is 2. The van der Waals surface area contributed by atoms with Crippen LogP contribution < -0.4 is 20.1 Å². The van der Waals surface area contributed by atoms with E-state index in [4.69, 9.17) is 4.63 Å². The van der Waals surface area contributed by atoms with Gasteiger partial charge in [-0.1, -0.05) is 12.1 Å². The number of nitrogens with zero attached hydrogens (tertiary/aromatic N) is 7. The Bertz CT molecular complexity index is 1310. The Kier molecular flexibility index (Phi) is 5.45. The molecule has 0 radical (unpaired) electrons. The number of imidazole rings is 1. The quantitative estimate of drug-likeness (QED) is 0.369. The largest absolute Gasteiger partial charge is 0.347 e. The van der Waals surface area contributed by atoms with Gasteiger partial charge in [-0.25, -0.2) is 14.2 Å². The van der Waals surface area contributed by atoms with Crippen LogP contribution in [0.3, 0.4) is 0 Å². The number of carbonyl (C=O) groups is 2. The maximum absolute atomic E-state index is 11.6. The first kappa shape index (κ1) is 20.8. The molecule has 0 saturated heterocycles. The number of rotatable bonds is 6. The molecule has 3 heterocycles. The standard InChI is InChI=1S/C19H20N10O3/c1-10(30)20-16-15(26-32-27-16)17-22-12-7-5-6-8-13(12)29(17)9-14-23-18(21-11(2)31)25-19(24-14)28(3)4/h5-8H,9H2,1-4H3,(H2,20,21,23,24,25,27,30,31)/p+1. The van der Waals surface area contributed by atoms with Gasteiger partial charge in [0.15, 0.2) is 23.4 Å². The number of aromatic amines is 1. The lowest BCUT2D eigenvalue weighted by molar-refractivity contribution is -0.652. The minimum atomic E-state index is -0.308. The number of nitrogens with one attached hydrogen (secondary N) is 3. The minimum Gasteiger partial charge on any atom is -0.347 e. The summed E-state index contributed by atoms with van der Waals surface area (Å²) < 4.78 is 6.75. The van der Waals surface area contributed by atoms with E-state index in [-0.39, 0.29) is 30.1 Å². The van der Waals surface area contributed by atoms with E-state index in [2.05, 4.69) is 40.9 Å². The van der Waals surface area contributed by atoms with Crippen molar-refractivity contribution in [3.8, 4) is 11.5 Å². The van der Waals surface area contributed by atoms with Crippen molar-refractivity contribution in [2.45, 2.75) is 20.4 Å². The highest BCUT2D eigenvalue weighted by molar-refractivity contribution is 5.91. The molecule has 3 N–H and O–H groups in total. The van der Waals surface area contributed by atoms with Crippen LogP contribution >= 0.6 is 0 Å². The van der Waals surface area contributed by atoms with Crippen LogP contribution in [-0.2, 0) is 16.1 Å². The average Bonchev–Trinajstić information content (AvgIpc) is 3.31. The molecule has 0 aliphatic carbocycles.